The summed E-state index contributed by atoms with van der Waals surface area (Å²) >= 11 is 0. The van der Waals surface area contributed by atoms with Crippen molar-refractivity contribution in [3.63, 3.8) is 0 Å². The van der Waals surface area contributed by atoms with Crippen molar-refractivity contribution in [2.45, 2.75) is 13.8 Å². The van der Waals surface area contributed by atoms with E-state index in [9.17, 15) is 4.39 Å². The zero-order chi connectivity index (χ0) is 12.2. The Bertz CT molecular complexity index is 674. The molecule has 0 fully saturated rings. The van der Waals surface area contributed by atoms with Gasteiger partial charge in [-0.1, -0.05) is 12.1 Å². The molecule has 2 aromatic rings. The molecule has 0 bridgehead atoms. The van der Waals surface area contributed by atoms with Gasteiger partial charge in [0.25, 0.3) is 0 Å². The second-order valence-electron chi connectivity index (χ2n) is 4.38. The zero-order valence-corrected chi connectivity index (χ0v) is 9.67. The van der Waals surface area contributed by atoms with Crippen molar-refractivity contribution in [2.75, 3.05) is 5.73 Å². The van der Waals surface area contributed by atoms with Gasteiger partial charge in [0.1, 0.15) is 12.0 Å². The first-order valence-corrected chi connectivity index (χ1v) is 5.44. The van der Waals surface area contributed by atoms with Crippen molar-refractivity contribution >= 4 is 22.3 Å². The van der Waals surface area contributed by atoms with E-state index in [2.05, 4.69) is 0 Å². The molecule has 1 aliphatic heterocycles. The molecule has 1 heterocycles. The molecule has 17 heavy (non-hydrogen) atoms. The van der Waals surface area contributed by atoms with Crippen LogP contribution in [0.5, 0.6) is 5.75 Å². The Morgan fingerprint density at radius 3 is 2.65 bits per heavy atom. The van der Waals surface area contributed by atoms with E-state index in [1.807, 2.05) is 26.0 Å². The number of nitrogen functional groups attached to an aromatic ring is 1. The van der Waals surface area contributed by atoms with Gasteiger partial charge < -0.3 is 10.5 Å². The molecule has 86 valence electrons. The summed E-state index contributed by atoms with van der Waals surface area (Å²) in [4.78, 5) is 0. The van der Waals surface area contributed by atoms with E-state index in [1.165, 1.54) is 0 Å². The van der Waals surface area contributed by atoms with Crippen molar-refractivity contribution in [1.29, 1.82) is 0 Å². The van der Waals surface area contributed by atoms with Crippen LogP contribution in [0.2, 0.25) is 0 Å². The molecule has 3 rings (SSSR count). The summed E-state index contributed by atoms with van der Waals surface area (Å²) < 4.78 is 19.1. The molecular weight excluding hydrogens is 217 g/mol. The van der Waals surface area contributed by atoms with E-state index < -0.39 is 0 Å². The third-order valence-corrected chi connectivity index (χ3v) is 3.20. The summed E-state index contributed by atoms with van der Waals surface area (Å²) in [6.07, 6.45) is 1.15. The maximum atomic E-state index is 13.7. The predicted octanol–water partition coefficient (Wildman–Crippen LogP) is 3.70. The summed E-state index contributed by atoms with van der Waals surface area (Å²) in [6, 6.07) is 5.52. The quantitative estimate of drug-likeness (QED) is 0.699. The van der Waals surface area contributed by atoms with E-state index in [4.69, 9.17) is 10.5 Å². The SMILES string of the molecule is Cc1cc(N)c2c(C)ccc3c2c1OC=C3F. The summed E-state index contributed by atoms with van der Waals surface area (Å²) in [5.41, 5.74) is 9.20. The van der Waals surface area contributed by atoms with Crippen LogP contribution in [-0.2, 0) is 0 Å². The van der Waals surface area contributed by atoms with Crippen molar-refractivity contribution in [3.05, 3.63) is 41.2 Å². The number of anilines is 1. The topological polar surface area (TPSA) is 35.2 Å². The van der Waals surface area contributed by atoms with E-state index in [0.717, 1.165) is 28.2 Å². The summed E-state index contributed by atoms with van der Waals surface area (Å²) in [5, 5.41) is 1.66. The van der Waals surface area contributed by atoms with E-state index in [1.54, 1.807) is 6.07 Å². The molecule has 0 aliphatic carbocycles. The Labute approximate surface area is 98.5 Å². The van der Waals surface area contributed by atoms with Crippen LogP contribution >= 0.6 is 0 Å². The van der Waals surface area contributed by atoms with Crippen LogP contribution in [0.25, 0.3) is 16.6 Å². The van der Waals surface area contributed by atoms with E-state index in [-0.39, 0.29) is 5.83 Å². The lowest BCUT2D eigenvalue weighted by Gasteiger charge is -2.19. The van der Waals surface area contributed by atoms with Gasteiger partial charge in [0.15, 0.2) is 5.83 Å². The minimum Gasteiger partial charge on any atom is -0.461 e. The molecule has 0 aromatic heterocycles. The molecule has 0 saturated carbocycles. The average molecular weight is 229 g/mol. The Morgan fingerprint density at radius 2 is 1.88 bits per heavy atom. The number of aryl methyl sites for hydroxylation is 2. The van der Waals surface area contributed by atoms with Gasteiger partial charge in [-0.2, -0.15) is 0 Å². The second-order valence-corrected chi connectivity index (χ2v) is 4.38. The molecular formula is C14H12FNO. The fourth-order valence-corrected chi connectivity index (χ4v) is 2.41. The number of rotatable bonds is 0. The Balaban J connectivity index is 2.59. The van der Waals surface area contributed by atoms with Crippen LogP contribution in [-0.4, -0.2) is 0 Å². The van der Waals surface area contributed by atoms with Crippen molar-refractivity contribution in [3.8, 4) is 5.75 Å². The number of halogens is 1. The lowest BCUT2D eigenvalue weighted by molar-refractivity contribution is 0.470. The maximum Gasteiger partial charge on any atom is 0.166 e. The molecule has 0 amide bonds. The first-order valence-electron chi connectivity index (χ1n) is 5.44. The molecule has 0 saturated heterocycles. The van der Waals surface area contributed by atoms with Gasteiger partial charge >= 0.3 is 0 Å². The minimum absolute atomic E-state index is 0.354. The molecule has 1 aliphatic rings. The smallest absolute Gasteiger partial charge is 0.166 e. The molecule has 2 nitrogen and oxygen atoms in total. The molecule has 0 spiro atoms. The lowest BCUT2D eigenvalue weighted by atomic mass is 9.94. The first-order chi connectivity index (χ1) is 8.09. The van der Waals surface area contributed by atoms with Crippen LogP contribution < -0.4 is 10.5 Å². The molecule has 0 radical (unpaired) electrons. The van der Waals surface area contributed by atoms with Crippen LogP contribution in [0, 0.1) is 13.8 Å². The third kappa shape index (κ3) is 1.25. The number of nitrogens with two attached hydrogens (primary N) is 1. The number of ether oxygens (including phenoxy) is 1. The normalized spacial score (nSPS) is 13.5. The fourth-order valence-electron chi connectivity index (χ4n) is 2.41. The highest BCUT2D eigenvalue weighted by Crippen LogP contribution is 2.43. The molecule has 0 atom stereocenters. The van der Waals surface area contributed by atoms with Gasteiger partial charge in [0.2, 0.25) is 0 Å². The van der Waals surface area contributed by atoms with Crippen molar-refractivity contribution < 1.29 is 9.13 Å². The first kappa shape index (κ1) is 10.1. The van der Waals surface area contributed by atoms with Gasteiger partial charge in [0, 0.05) is 22.0 Å². The summed E-state index contributed by atoms with van der Waals surface area (Å²) in [6.45, 7) is 3.87. The van der Waals surface area contributed by atoms with Gasteiger partial charge in [0.05, 0.1) is 0 Å². The molecule has 0 unspecified atom stereocenters. The largest absolute Gasteiger partial charge is 0.461 e. The summed E-state index contributed by atoms with van der Waals surface area (Å²) in [7, 11) is 0. The second kappa shape index (κ2) is 3.23. The maximum absolute atomic E-state index is 13.7. The van der Waals surface area contributed by atoms with Crippen LogP contribution in [0.15, 0.2) is 24.5 Å². The zero-order valence-electron chi connectivity index (χ0n) is 9.67. The predicted molar refractivity (Wildman–Crippen MR) is 67.5 cm³/mol. The van der Waals surface area contributed by atoms with Gasteiger partial charge in [-0.15, -0.1) is 0 Å². The van der Waals surface area contributed by atoms with E-state index in [0.29, 0.717) is 17.0 Å². The van der Waals surface area contributed by atoms with Crippen LogP contribution in [0.3, 0.4) is 0 Å². The third-order valence-electron chi connectivity index (χ3n) is 3.20. The highest BCUT2D eigenvalue weighted by atomic mass is 19.1. The van der Waals surface area contributed by atoms with Crippen LogP contribution in [0.1, 0.15) is 16.7 Å². The van der Waals surface area contributed by atoms with Crippen molar-refractivity contribution in [2.24, 2.45) is 0 Å². The standard InChI is InChI=1S/C14H12FNO/c1-7-3-4-9-10(15)6-17-14-8(2)5-11(16)12(7)13(9)14/h3-6H,16H2,1-2H3. The fraction of sp³-hybridized carbons (Fsp3) is 0.143. The minimum atomic E-state index is -0.354. The van der Waals surface area contributed by atoms with Gasteiger partial charge in [-0.25, -0.2) is 4.39 Å². The van der Waals surface area contributed by atoms with E-state index >= 15 is 0 Å². The number of hydrogen-bond acceptors (Lipinski definition) is 2. The average Bonchev–Trinajstić information content (AvgIpc) is 2.27. The Morgan fingerprint density at radius 1 is 1.12 bits per heavy atom. The number of hydrogen-bond donors (Lipinski definition) is 1. The van der Waals surface area contributed by atoms with Gasteiger partial charge in [-0.3, -0.25) is 0 Å². The van der Waals surface area contributed by atoms with Gasteiger partial charge in [-0.05, 0) is 31.0 Å². The van der Waals surface area contributed by atoms with Crippen molar-refractivity contribution in [1.82, 2.24) is 0 Å². The molecule has 2 N–H and O–H groups in total. The Kier molecular flexibility index (Phi) is 1.93. The highest BCUT2D eigenvalue weighted by Gasteiger charge is 2.20. The lowest BCUT2D eigenvalue weighted by Crippen LogP contribution is -2.01. The van der Waals surface area contributed by atoms with Crippen LogP contribution in [0.4, 0.5) is 10.1 Å². The molecule has 3 heteroatoms. The highest BCUT2D eigenvalue weighted by molar-refractivity contribution is 6.06. The monoisotopic (exact) mass is 229 g/mol. The summed E-state index contributed by atoms with van der Waals surface area (Å²) in [5.74, 6) is 0.349. The number of benzene rings is 2. The Hall–Kier alpha value is -2.03. The molecule has 2 aromatic carbocycles.